The molecule has 1 rings (SSSR count). The van der Waals surface area contributed by atoms with Gasteiger partial charge in [-0.2, -0.15) is 0 Å². The zero-order valence-corrected chi connectivity index (χ0v) is 6.76. The number of ketones is 1. The normalized spacial score (nSPS) is 8.82. The highest BCUT2D eigenvalue weighted by molar-refractivity contribution is 5.93. The molecule has 0 aliphatic carbocycles. The van der Waals surface area contributed by atoms with Crippen molar-refractivity contribution in [2.75, 3.05) is 6.54 Å². The second-order valence-corrected chi connectivity index (χ2v) is 1.94. The van der Waals surface area contributed by atoms with E-state index in [0.29, 0.717) is 18.7 Å². The van der Waals surface area contributed by atoms with E-state index in [1.54, 1.807) is 12.1 Å². The van der Waals surface area contributed by atoms with Gasteiger partial charge in [0, 0.05) is 6.42 Å². The molecule has 1 aromatic rings. The van der Waals surface area contributed by atoms with Crippen LogP contribution in [-0.4, -0.2) is 12.3 Å². The van der Waals surface area contributed by atoms with Crippen LogP contribution in [0.4, 0.5) is 0 Å². The summed E-state index contributed by atoms with van der Waals surface area (Å²) in [5.41, 5.74) is 5.17. The summed E-state index contributed by atoms with van der Waals surface area (Å²) in [6.45, 7) is 0.375. The number of hydrogen-bond acceptors (Lipinski definition) is 3. The molecule has 0 bridgehead atoms. The lowest BCUT2D eigenvalue weighted by molar-refractivity contribution is 0.0958. The van der Waals surface area contributed by atoms with Crippen LogP contribution in [0.5, 0.6) is 0 Å². The third kappa shape index (κ3) is 2.74. The molecule has 0 unspecified atom stereocenters. The van der Waals surface area contributed by atoms with Crippen molar-refractivity contribution in [2.45, 2.75) is 6.42 Å². The highest BCUT2D eigenvalue weighted by Gasteiger charge is 2.05. The third-order valence-electron chi connectivity index (χ3n) is 1.17. The fourth-order valence-electron chi connectivity index (χ4n) is 0.692. The van der Waals surface area contributed by atoms with Crippen molar-refractivity contribution in [3.05, 3.63) is 24.2 Å². The number of nitrogens with two attached hydrogens (primary N) is 1. The molecule has 0 spiro atoms. The monoisotopic (exact) mass is 175 g/mol. The molecule has 0 radical (unpaired) electrons. The van der Waals surface area contributed by atoms with Crippen molar-refractivity contribution in [3.8, 4) is 0 Å². The van der Waals surface area contributed by atoms with E-state index in [1.165, 1.54) is 6.26 Å². The van der Waals surface area contributed by atoms with Crippen LogP contribution >= 0.6 is 12.4 Å². The minimum Gasteiger partial charge on any atom is -0.461 e. The molecule has 0 saturated carbocycles. The molecule has 0 fully saturated rings. The molecule has 2 N–H and O–H groups in total. The van der Waals surface area contributed by atoms with E-state index >= 15 is 0 Å². The summed E-state index contributed by atoms with van der Waals surface area (Å²) < 4.78 is 4.84. The summed E-state index contributed by atoms with van der Waals surface area (Å²) in [6, 6.07) is 3.32. The van der Waals surface area contributed by atoms with E-state index in [9.17, 15) is 4.79 Å². The molecule has 1 aromatic heterocycles. The molecule has 0 aliphatic heterocycles. The van der Waals surface area contributed by atoms with Gasteiger partial charge in [0.15, 0.2) is 11.5 Å². The van der Waals surface area contributed by atoms with Crippen LogP contribution in [0.1, 0.15) is 17.0 Å². The van der Waals surface area contributed by atoms with Gasteiger partial charge in [0.2, 0.25) is 0 Å². The van der Waals surface area contributed by atoms with E-state index in [0.717, 1.165) is 0 Å². The predicted octanol–water partition coefficient (Wildman–Crippen LogP) is 1.23. The van der Waals surface area contributed by atoms with Crippen LogP contribution in [0.15, 0.2) is 22.8 Å². The zero-order valence-electron chi connectivity index (χ0n) is 5.95. The van der Waals surface area contributed by atoms with Crippen LogP contribution < -0.4 is 5.73 Å². The van der Waals surface area contributed by atoms with E-state index < -0.39 is 0 Å². The van der Waals surface area contributed by atoms with Gasteiger partial charge in [-0.15, -0.1) is 12.4 Å². The minimum atomic E-state index is -0.0347. The highest BCUT2D eigenvalue weighted by Crippen LogP contribution is 2.02. The van der Waals surface area contributed by atoms with Crippen LogP contribution in [-0.2, 0) is 0 Å². The molecule has 0 aromatic carbocycles. The lowest BCUT2D eigenvalue weighted by Gasteiger charge is -1.90. The second-order valence-electron chi connectivity index (χ2n) is 1.94. The first-order valence-corrected chi connectivity index (χ1v) is 3.11. The SMILES string of the molecule is Cl.NCCC(=O)c1ccco1. The molecule has 0 atom stereocenters. The molecule has 62 valence electrons. The Morgan fingerprint density at radius 2 is 2.36 bits per heavy atom. The zero-order chi connectivity index (χ0) is 7.40. The van der Waals surface area contributed by atoms with Gasteiger partial charge >= 0.3 is 0 Å². The summed E-state index contributed by atoms with van der Waals surface area (Å²) >= 11 is 0. The Balaban J connectivity index is 0.000001000. The standard InChI is InChI=1S/C7H9NO2.ClH/c8-4-3-6(9)7-2-1-5-10-7;/h1-2,5H,3-4,8H2;1H. The summed E-state index contributed by atoms with van der Waals surface area (Å²) in [4.78, 5) is 10.9. The second kappa shape index (κ2) is 4.93. The van der Waals surface area contributed by atoms with Gasteiger partial charge in [-0.1, -0.05) is 0 Å². The number of carbonyl (C=O) groups excluding carboxylic acids is 1. The Hall–Kier alpha value is -0.800. The maximum atomic E-state index is 10.9. The van der Waals surface area contributed by atoms with Gasteiger partial charge in [0.1, 0.15) is 0 Å². The van der Waals surface area contributed by atoms with Crippen LogP contribution in [0.3, 0.4) is 0 Å². The van der Waals surface area contributed by atoms with Crippen molar-refractivity contribution in [3.63, 3.8) is 0 Å². The topological polar surface area (TPSA) is 56.2 Å². The smallest absolute Gasteiger partial charge is 0.199 e. The Labute approximate surface area is 71.0 Å². The Bertz CT molecular complexity index is 208. The molecule has 11 heavy (non-hydrogen) atoms. The number of furan rings is 1. The van der Waals surface area contributed by atoms with Gasteiger partial charge in [-0.05, 0) is 18.7 Å². The number of halogens is 1. The number of Topliss-reactive ketones (excluding diaryl/α,β-unsaturated/α-hetero) is 1. The van der Waals surface area contributed by atoms with Crippen LogP contribution in [0, 0.1) is 0 Å². The Kier molecular flexibility index (Phi) is 4.57. The molecule has 0 aliphatic rings. The van der Waals surface area contributed by atoms with Crippen molar-refractivity contribution in [1.29, 1.82) is 0 Å². The molecular weight excluding hydrogens is 166 g/mol. The van der Waals surface area contributed by atoms with Crippen molar-refractivity contribution >= 4 is 18.2 Å². The number of rotatable bonds is 3. The van der Waals surface area contributed by atoms with Crippen molar-refractivity contribution in [2.24, 2.45) is 5.73 Å². The van der Waals surface area contributed by atoms with E-state index in [-0.39, 0.29) is 18.2 Å². The first-order valence-electron chi connectivity index (χ1n) is 3.11. The third-order valence-corrected chi connectivity index (χ3v) is 1.17. The molecule has 3 nitrogen and oxygen atoms in total. The fraction of sp³-hybridized carbons (Fsp3) is 0.286. The van der Waals surface area contributed by atoms with Gasteiger partial charge in [-0.25, -0.2) is 0 Å². The average Bonchev–Trinajstić information content (AvgIpc) is 2.38. The van der Waals surface area contributed by atoms with Gasteiger partial charge in [-0.3, -0.25) is 4.79 Å². The maximum Gasteiger partial charge on any atom is 0.199 e. The van der Waals surface area contributed by atoms with E-state index in [4.69, 9.17) is 10.2 Å². The molecule has 1 heterocycles. The Morgan fingerprint density at radius 1 is 1.64 bits per heavy atom. The van der Waals surface area contributed by atoms with Crippen molar-refractivity contribution < 1.29 is 9.21 Å². The van der Waals surface area contributed by atoms with Crippen LogP contribution in [0.2, 0.25) is 0 Å². The fourth-order valence-corrected chi connectivity index (χ4v) is 0.692. The molecule has 0 amide bonds. The highest BCUT2D eigenvalue weighted by atomic mass is 35.5. The van der Waals surface area contributed by atoms with Gasteiger partial charge < -0.3 is 10.2 Å². The maximum absolute atomic E-state index is 10.9. The predicted molar refractivity (Wildman–Crippen MR) is 44.0 cm³/mol. The van der Waals surface area contributed by atoms with E-state index in [2.05, 4.69) is 0 Å². The largest absolute Gasteiger partial charge is 0.461 e. The summed E-state index contributed by atoms with van der Waals surface area (Å²) in [5, 5.41) is 0. The van der Waals surface area contributed by atoms with E-state index in [1.807, 2.05) is 0 Å². The van der Waals surface area contributed by atoms with Gasteiger partial charge in [0.05, 0.1) is 6.26 Å². The summed E-state index contributed by atoms with van der Waals surface area (Å²) in [5.74, 6) is 0.359. The lowest BCUT2D eigenvalue weighted by Crippen LogP contribution is -2.06. The quantitative estimate of drug-likeness (QED) is 0.704. The van der Waals surface area contributed by atoms with Crippen molar-refractivity contribution in [1.82, 2.24) is 0 Å². The molecule has 4 heteroatoms. The average molecular weight is 176 g/mol. The number of hydrogen-bond donors (Lipinski definition) is 1. The lowest BCUT2D eigenvalue weighted by atomic mass is 10.2. The van der Waals surface area contributed by atoms with Gasteiger partial charge in [0.25, 0.3) is 0 Å². The molecule has 0 saturated heterocycles. The molecular formula is C7H10ClNO2. The first-order chi connectivity index (χ1) is 4.84. The minimum absolute atomic E-state index is 0. The number of carbonyl (C=O) groups is 1. The summed E-state index contributed by atoms with van der Waals surface area (Å²) in [7, 11) is 0. The summed E-state index contributed by atoms with van der Waals surface area (Å²) in [6.07, 6.45) is 1.83. The Morgan fingerprint density at radius 3 is 2.82 bits per heavy atom. The van der Waals surface area contributed by atoms with Crippen LogP contribution in [0.25, 0.3) is 0 Å². The first kappa shape index (κ1) is 10.2.